The Morgan fingerprint density at radius 1 is 1.30 bits per heavy atom. The molecule has 0 radical (unpaired) electrons. The Morgan fingerprint density at radius 2 is 2.12 bits per heavy atom. The molecular formula is C24H23ClFN3O4. The van der Waals surface area contributed by atoms with Gasteiger partial charge in [0.2, 0.25) is 0 Å². The van der Waals surface area contributed by atoms with E-state index < -0.39 is 18.0 Å². The molecule has 33 heavy (non-hydrogen) atoms. The number of ether oxygens (including phenoxy) is 2. The smallest absolute Gasteiger partial charge is 0.414 e. The standard InChI is InChI=1S/C24H23ClFN3O4/c1-13(27-17-3-2-4-18(21(17)26)29-9-10-32-24(29)31)16-11-15-7-8-19(33-12-14-5-6-14)20(25)22(15)28-23(16)30/h2-4,7-8,11,13-14,27H,5-6,9-10,12H2,1H3,(H,28,30)/t13-/m0/s1. The number of hydrogen-bond acceptors (Lipinski definition) is 5. The molecule has 2 N–H and O–H groups in total. The average molecular weight is 472 g/mol. The van der Waals surface area contributed by atoms with E-state index in [1.165, 1.54) is 23.8 Å². The zero-order valence-electron chi connectivity index (χ0n) is 18.0. The number of benzene rings is 2. The minimum Gasteiger partial charge on any atom is -0.492 e. The fourth-order valence-corrected chi connectivity index (χ4v) is 4.20. The van der Waals surface area contributed by atoms with Gasteiger partial charge in [-0.05, 0) is 56.0 Å². The molecule has 0 spiro atoms. The van der Waals surface area contributed by atoms with Crippen LogP contribution in [0.1, 0.15) is 31.4 Å². The number of carbonyl (C=O) groups is 1. The molecule has 1 amide bonds. The van der Waals surface area contributed by atoms with Crippen LogP contribution >= 0.6 is 11.6 Å². The molecule has 2 aromatic carbocycles. The molecule has 0 unspecified atom stereocenters. The van der Waals surface area contributed by atoms with E-state index in [1.54, 1.807) is 31.2 Å². The van der Waals surface area contributed by atoms with Gasteiger partial charge in [-0.3, -0.25) is 9.69 Å². The predicted octanol–water partition coefficient (Wildman–Crippen LogP) is 5.24. The maximum absolute atomic E-state index is 15.1. The first-order valence-corrected chi connectivity index (χ1v) is 11.3. The largest absolute Gasteiger partial charge is 0.492 e. The quantitative estimate of drug-likeness (QED) is 0.492. The Morgan fingerprint density at radius 3 is 2.85 bits per heavy atom. The molecule has 7 nitrogen and oxygen atoms in total. The minimum atomic E-state index is -0.582. The molecule has 1 aliphatic heterocycles. The van der Waals surface area contributed by atoms with E-state index >= 15 is 4.39 Å². The van der Waals surface area contributed by atoms with Gasteiger partial charge in [0.05, 0.1) is 36.1 Å². The second-order valence-electron chi connectivity index (χ2n) is 8.42. The van der Waals surface area contributed by atoms with Gasteiger partial charge in [0.1, 0.15) is 17.4 Å². The van der Waals surface area contributed by atoms with Crippen LogP contribution in [0.25, 0.3) is 10.9 Å². The van der Waals surface area contributed by atoms with Crippen LogP contribution in [0.5, 0.6) is 5.75 Å². The van der Waals surface area contributed by atoms with E-state index in [0.29, 0.717) is 34.4 Å². The normalized spacial score (nSPS) is 16.7. The zero-order valence-corrected chi connectivity index (χ0v) is 18.7. The van der Waals surface area contributed by atoms with Crippen LogP contribution in [0.4, 0.5) is 20.6 Å². The average Bonchev–Trinajstić information content (AvgIpc) is 3.53. The SMILES string of the molecule is C[C@H](Nc1cccc(N2CCOC2=O)c1F)c1cc2ccc(OCC3CC3)c(Cl)c2[nH]c1=O. The van der Waals surface area contributed by atoms with E-state index in [2.05, 4.69) is 10.3 Å². The number of aromatic nitrogens is 1. The van der Waals surface area contributed by atoms with Crippen molar-refractivity contribution in [2.45, 2.75) is 25.8 Å². The highest BCUT2D eigenvalue weighted by atomic mass is 35.5. The number of rotatable bonds is 7. The van der Waals surface area contributed by atoms with E-state index in [1.807, 2.05) is 6.07 Å². The van der Waals surface area contributed by atoms with Gasteiger partial charge in [-0.25, -0.2) is 9.18 Å². The number of H-pyrrole nitrogens is 1. The summed E-state index contributed by atoms with van der Waals surface area (Å²) in [6.45, 7) is 2.89. The van der Waals surface area contributed by atoms with Crippen LogP contribution in [-0.4, -0.2) is 30.8 Å². The topological polar surface area (TPSA) is 83.7 Å². The fourth-order valence-electron chi connectivity index (χ4n) is 3.93. The van der Waals surface area contributed by atoms with Gasteiger partial charge < -0.3 is 19.8 Å². The number of halogens is 2. The lowest BCUT2D eigenvalue weighted by Crippen LogP contribution is -2.25. The van der Waals surface area contributed by atoms with E-state index in [4.69, 9.17) is 21.1 Å². The third kappa shape index (κ3) is 4.23. The summed E-state index contributed by atoms with van der Waals surface area (Å²) in [7, 11) is 0. The number of aromatic amines is 1. The zero-order chi connectivity index (χ0) is 23.1. The first-order chi connectivity index (χ1) is 15.9. The molecule has 2 fully saturated rings. The van der Waals surface area contributed by atoms with Crippen LogP contribution in [0.15, 0.2) is 41.2 Å². The number of carbonyl (C=O) groups excluding carboxylic acids is 1. The number of amides is 1. The fraction of sp³-hybridized carbons (Fsp3) is 0.333. The highest BCUT2D eigenvalue weighted by molar-refractivity contribution is 6.36. The Kier molecular flexibility index (Phi) is 5.62. The maximum atomic E-state index is 15.1. The van der Waals surface area contributed by atoms with Gasteiger partial charge in [0, 0.05) is 10.9 Å². The summed E-state index contributed by atoms with van der Waals surface area (Å²) < 4.78 is 25.8. The Bertz CT molecular complexity index is 1290. The number of cyclic esters (lactones) is 1. The van der Waals surface area contributed by atoms with Gasteiger partial charge in [-0.1, -0.05) is 17.7 Å². The molecular weight excluding hydrogens is 449 g/mol. The van der Waals surface area contributed by atoms with Crippen molar-refractivity contribution in [1.29, 1.82) is 0 Å². The number of anilines is 2. The molecule has 1 saturated carbocycles. The molecule has 1 aromatic heterocycles. The Balaban J connectivity index is 1.41. The van der Waals surface area contributed by atoms with Gasteiger partial charge >= 0.3 is 6.09 Å². The monoisotopic (exact) mass is 471 g/mol. The maximum Gasteiger partial charge on any atom is 0.414 e. The lowest BCUT2D eigenvalue weighted by Gasteiger charge is -2.20. The van der Waals surface area contributed by atoms with Crippen molar-refractivity contribution in [1.82, 2.24) is 4.98 Å². The molecule has 172 valence electrons. The third-order valence-electron chi connectivity index (χ3n) is 5.99. The van der Waals surface area contributed by atoms with E-state index in [0.717, 1.165) is 5.39 Å². The summed E-state index contributed by atoms with van der Waals surface area (Å²) in [4.78, 5) is 28.8. The molecule has 5 rings (SSSR count). The van der Waals surface area contributed by atoms with Crippen molar-refractivity contribution < 1.29 is 18.7 Å². The Hall–Kier alpha value is -3.26. The lowest BCUT2D eigenvalue weighted by atomic mass is 10.1. The van der Waals surface area contributed by atoms with Crippen molar-refractivity contribution in [2.24, 2.45) is 5.92 Å². The van der Waals surface area contributed by atoms with Crippen LogP contribution in [0.2, 0.25) is 5.02 Å². The molecule has 2 heterocycles. The summed E-state index contributed by atoms with van der Waals surface area (Å²) in [6.07, 6.45) is 1.76. The predicted molar refractivity (Wildman–Crippen MR) is 125 cm³/mol. The van der Waals surface area contributed by atoms with Gasteiger partial charge in [-0.2, -0.15) is 0 Å². The van der Waals surface area contributed by atoms with Gasteiger partial charge in [0.25, 0.3) is 5.56 Å². The highest BCUT2D eigenvalue weighted by Crippen LogP contribution is 2.35. The summed E-state index contributed by atoms with van der Waals surface area (Å²) >= 11 is 6.49. The number of hydrogen-bond donors (Lipinski definition) is 2. The van der Waals surface area contributed by atoms with Crippen LogP contribution in [-0.2, 0) is 4.74 Å². The molecule has 1 aliphatic carbocycles. The number of fused-ring (bicyclic) bond motifs is 1. The number of nitrogens with zero attached hydrogens (tertiary/aromatic N) is 1. The summed E-state index contributed by atoms with van der Waals surface area (Å²) in [5, 5.41) is 4.16. The van der Waals surface area contributed by atoms with Crippen molar-refractivity contribution in [3.63, 3.8) is 0 Å². The summed E-state index contributed by atoms with van der Waals surface area (Å²) in [6, 6.07) is 9.59. The van der Waals surface area contributed by atoms with Crippen LogP contribution in [0, 0.1) is 11.7 Å². The van der Waals surface area contributed by atoms with Crippen molar-refractivity contribution in [3.8, 4) is 5.75 Å². The number of pyridine rings is 1. The molecule has 0 bridgehead atoms. The molecule has 3 aromatic rings. The van der Waals surface area contributed by atoms with E-state index in [-0.39, 0.29) is 30.1 Å². The lowest BCUT2D eigenvalue weighted by molar-refractivity contribution is 0.181. The van der Waals surface area contributed by atoms with Crippen molar-refractivity contribution >= 4 is 40.0 Å². The van der Waals surface area contributed by atoms with Gasteiger partial charge in [0.15, 0.2) is 5.82 Å². The highest BCUT2D eigenvalue weighted by Gasteiger charge is 2.27. The second kappa shape index (κ2) is 8.59. The first kappa shape index (κ1) is 21.6. The summed E-state index contributed by atoms with van der Waals surface area (Å²) in [5.74, 6) is 0.547. The van der Waals surface area contributed by atoms with E-state index in [9.17, 15) is 9.59 Å². The first-order valence-electron chi connectivity index (χ1n) is 10.9. The molecule has 1 atom stereocenters. The molecule has 1 saturated heterocycles. The van der Waals surface area contributed by atoms with Crippen molar-refractivity contribution in [3.05, 3.63) is 63.2 Å². The summed E-state index contributed by atoms with van der Waals surface area (Å²) in [5.41, 5.74) is 0.916. The van der Waals surface area contributed by atoms with Gasteiger partial charge in [-0.15, -0.1) is 0 Å². The van der Waals surface area contributed by atoms with Crippen LogP contribution < -0.4 is 20.5 Å². The Labute approximate surface area is 194 Å². The van der Waals surface area contributed by atoms with Crippen LogP contribution in [0.3, 0.4) is 0 Å². The second-order valence-corrected chi connectivity index (χ2v) is 8.80. The molecule has 2 aliphatic rings. The molecule has 9 heteroatoms. The third-order valence-corrected chi connectivity index (χ3v) is 6.37. The minimum absolute atomic E-state index is 0.132. The number of nitrogens with one attached hydrogen (secondary N) is 2. The van der Waals surface area contributed by atoms with Crippen molar-refractivity contribution in [2.75, 3.05) is 30.0 Å².